The van der Waals surface area contributed by atoms with Crippen molar-refractivity contribution >= 4 is 11.9 Å². The molecule has 0 radical (unpaired) electrons. The van der Waals surface area contributed by atoms with Gasteiger partial charge in [-0.3, -0.25) is 0 Å². The molecule has 0 aliphatic rings. The predicted octanol–water partition coefficient (Wildman–Crippen LogP) is 0.993. The molecule has 0 fully saturated rings. The fourth-order valence-electron chi connectivity index (χ4n) is 1.44. The molecular formula is C12H24N6O. The first-order valence-electron chi connectivity index (χ1n) is 6.46. The molecule has 108 valence electrons. The number of hydrogen-bond acceptors (Lipinski definition) is 7. The standard InChI is InChI=1S/C12H24N6O/c1-8(2)19-12-16-10(13)15-11(17-12)14-9(3)6-7-18(4)5/h8-9H,6-7H2,1-5H3,(H3,13,14,15,16,17). The number of nitrogens with zero attached hydrogens (tertiary/aromatic N) is 4. The van der Waals surface area contributed by atoms with E-state index in [1.165, 1.54) is 0 Å². The van der Waals surface area contributed by atoms with E-state index in [9.17, 15) is 0 Å². The highest BCUT2D eigenvalue weighted by molar-refractivity contribution is 5.33. The Morgan fingerprint density at radius 3 is 2.47 bits per heavy atom. The lowest BCUT2D eigenvalue weighted by Gasteiger charge is -2.17. The number of aromatic nitrogens is 3. The third-order valence-electron chi connectivity index (χ3n) is 2.36. The minimum Gasteiger partial charge on any atom is -0.461 e. The summed E-state index contributed by atoms with van der Waals surface area (Å²) < 4.78 is 5.42. The summed E-state index contributed by atoms with van der Waals surface area (Å²) in [6.07, 6.45) is 0.986. The Bertz CT molecular complexity index is 396. The van der Waals surface area contributed by atoms with Crippen LogP contribution in [0.25, 0.3) is 0 Å². The number of anilines is 2. The van der Waals surface area contributed by atoms with Crippen LogP contribution in [0.4, 0.5) is 11.9 Å². The molecule has 1 heterocycles. The molecule has 0 bridgehead atoms. The SMILES string of the molecule is CC(CCN(C)C)Nc1nc(N)nc(OC(C)C)n1. The third kappa shape index (κ3) is 6.19. The lowest BCUT2D eigenvalue weighted by molar-refractivity contribution is 0.222. The van der Waals surface area contributed by atoms with Crippen molar-refractivity contribution < 1.29 is 4.74 Å². The second kappa shape index (κ2) is 7.08. The Morgan fingerprint density at radius 1 is 1.21 bits per heavy atom. The minimum absolute atomic E-state index is 0.000754. The summed E-state index contributed by atoms with van der Waals surface area (Å²) in [6.45, 7) is 6.89. The van der Waals surface area contributed by atoms with E-state index in [-0.39, 0.29) is 24.1 Å². The van der Waals surface area contributed by atoms with Gasteiger partial charge >= 0.3 is 6.01 Å². The second-order valence-electron chi connectivity index (χ2n) is 5.10. The largest absolute Gasteiger partial charge is 0.461 e. The van der Waals surface area contributed by atoms with Gasteiger partial charge in [0, 0.05) is 6.04 Å². The molecule has 7 nitrogen and oxygen atoms in total. The highest BCUT2D eigenvalue weighted by atomic mass is 16.5. The Balaban J connectivity index is 2.64. The lowest BCUT2D eigenvalue weighted by atomic mass is 10.2. The molecule has 0 spiro atoms. The molecule has 7 heteroatoms. The molecule has 3 N–H and O–H groups in total. The van der Waals surface area contributed by atoms with Gasteiger partial charge in [-0.2, -0.15) is 15.0 Å². The van der Waals surface area contributed by atoms with Crippen molar-refractivity contribution in [2.24, 2.45) is 0 Å². The van der Waals surface area contributed by atoms with Crippen LogP contribution in [-0.4, -0.2) is 52.6 Å². The predicted molar refractivity (Wildman–Crippen MR) is 76.3 cm³/mol. The van der Waals surface area contributed by atoms with Crippen molar-refractivity contribution in [1.82, 2.24) is 19.9 Å². The van der Waals surface area contributed by atoms with E-state index in [0.717, 1.165) is 13.0 Å². The van der Waals surface area contributed by atoms with Gasteiger partial charge in [0.15, 0.2) is 0 Å². The molecule has 19 heavy (non-hydrogen) atoms. The summed E-state index contributed by atoms with van der Waals surface area (Å²) in [5, 5.41) is 3.20. The molecule has 1 aromatic heterocycles. The first-order valence-corrected chi connectivity index (χ1v) is 6.46. The van der Waals surface area contributed by atoms with Gasteiger partial charge in [-0.05, 0) is 47.8 Å². The van der Waals surface area contributed by atoms with E-state index in [1.54, 1.807) is 0 Å². The van der Waals surface area contributed by atoms with E-state index in [0.29, 0.717) is 5.95 Å². The van der Waals surface area contributed by atoms with Gasteiger partial charge in [0.2, 0.25) is 11.9 Å². The van der Waals surface area contributed by atoms with Gasteiger partial charge in [-0.15, -0.1) is 0 Å². The molecule has 0 aliphatic heterocycles. The Hall–Kier alpha value is -1.63. The molecule has 1 atom stereocenters. The van der Waals surface area contributed by atoms with Crippen molar-refractivity contribution in [2.45, 2.75) is 39.3 Å². The summed E-state index contributed by atoms with van der Waals surface area (Å²) in [7, 11) is 4.09. The van der Waals surface area contributed by atoms with Crippen LogP contribution >= 0.6 is 0 Å². The average molecular weight is 268 g/mol. The number of nitrogens with one attached hydrogen (secondary N) is 1. The van der Waals surface area contributed by atoms with Crippen LogP contribution in [0.3, 0.4) is 0 Å². The van der Waals surface area contributed by atoms with Gasteiger partial charge < -0.3 is 20.7 Å². The monoisotopic (exact) mass is 268 g/mol. The van der Waals surface area contributed by atoms with Crippen molar-refractivity contribution in [3.63, 3.8) is 0 Å². The molecule has 0 amide bonds. The number of nitrogens with two attached hydrogens (primary N) is 1. The Kier molecular flexibility index (Phi) is 5.75. The van der Waals surface area contributed by atoms with E-state index in [4.69, 9.17) is 10.5 Å². The average Bonchev–Trinajstić information content (AvgIpc) is 2.24. The molecule has 1 rings (SSSR count). The maximum absolute atomic E-state index is 5.64. The van der Waals surface area contributed by atoms with Crippen molar-refractivity contribution in [3.8, 4) is 6.01 Å². The lowest BCUT2D eigenvalue weighted by Crippen LogP contribution is -2.24. The summed E-state index contributed by atoms with van der Waals surface area (Å²) in [4.78, 5) is 14.3. The van der Waals surface area contributed by atoms with Gasteiger partial charge in [0.25, 0.3) is 0 Å². The highest BCUT2D eigenvalue weighted by Gasteiger charge is 2.10. The second-order valence-corrected chi connectivity index (χ2v) is 5.10. The molecule has 0 aromatic carbocycles. The van der Waals surface area contributed by atoms with Crippen LogP contribution in [0.1, 0.15) is 27.2 Å². The third-order valence-corrected chi connectivity index (χ3v) is 2.36. The quantitative estimate of drug-likeness (QED) is 0.762. The Labute approximate surface area is 114 Å². The highest BCUT2D eigenvalue weighted by Crippen LogP contribution is 2.12. The summed E-state index contributed by atoms with van der Waals surface area (Å²) in [5.41, 5.74) is 5.64. The van der Waals surface area contributed by atoms with E-state index < -0.39 is 0 Å². The smallest absolute Gasteiger partial charge is 0.323 e. The fourth-order valence-corrected chi connectivity index (χ4v) is 1.44. The van der Waals surface area contributed by atoms with E-state index >= 15 is 0 Å². The molecular weight excluding hydrogens is 244 g/mol. The summed E-state index contributed by atoms with van der Waals surface area (Å²) >= 11 is 0. The normalized spacial score (nSPS) is 12.8. The summed E-state index contributed by atoms with van der Waals surface area (Å²) in [6, 6.07) is 0.501. The van der Waals surface area contributed by atoms with Crippen LogP contribution in [-0.2, 0) is 0 Å². The minimum atomic E-state index is 0.000754. The van der Waals surface area contributed by atoms with Crippen molar-refractivity contribution in [2.75, 3.05) is 31.7 Å². The zero-order valence-corrected chi connectivity index (χ0v) is 12.3. The van der Waals surface area contributed by atoms with Crippen LogP contribution in [0.2, 0.25) is 0 Å². The zero-order valence-electron chi connectivity index (χ0n) is 12.3. The maximum atomic E-state index is 5.64. The first-order chi connectivity index (χ1) is 8.86. The van der Waals surface area contributed by atoms with Crippen LogP contribution in [0, 0.1) is 0 Å². The molecule has 0 saturated carbocycles. The van der Waals surface area contributed by atoms with Gasteiger partial charge in [-0.1, -0.05) is 0 Å². The number of ether oxygens (including phenoxy) is 1. The molecule has 1 aromatic rings. The number of rotatable bonds is 7. The van der Waals surface area contributed by atoms with Crippen LogP contribution in [0.5, 0.6) is 6.01 Å². The number of nitrogen functional groups attached to an aromatic ring is 1. The van der Waals surface area contributed by atoms with E-state index in [2.05, 4.69) is 32.1 Å². The van der Waals surface area contributed by atoms with E-state index in [1.807, 2.05) is 27.9 Å². The molecule has 0 aliphatic carbocycles. The molecule has 1 unspecified atom stereocenters. The van der Waals surface area contributed by atoms with Gasteiger partial charge in [-0.25, -0.2) is 0 Å². The van der Waals surface area contributed by atoms with Crippen molar-refractivity contribution in [3.05, 3.63) is 0 Å². The van der Waals surface area contributed by atoms with Crippen LogP contribution < -0.4 is 15.8 Å². The maximum Gasteiger partial charge on any atom is 0.323 e. The van der Waals surface area contributed by atoms with Crippen LogP contribution in [0.15, 0.2) is 0 Å². The van der Waals surface area contributed by atoms with Crippen molar-refractivity contribution in [1.29, 1.82) is 0 Å². The van der Waals surface area contributed by atoms with Gasteiger partial charge in [0.05, 0.1) is 6.10 Å². The molecule has 0 saturated heterocycles. The summed E-state index contributed by atoms with van der Waals surface area (Å²) in [5.74, 6) is 0.613. The van der Waals surface area contributed by atoms with Gasteiger partial charge in [0.1, 0.15) is 0 Å². The topological polar surface area (TPSA) is 89.2 Å². The zero-order chi connectivity index (χ0) is 14.4. The first kappa shape index (κ1) is 15.4. The Morgan fingerprint density at radius 2 is 1.89 bits per heavy atom. The fraction of sp³-hybridized carbons (Fsp3) is 0.750. The number of hydrogen-bond donors (Lipinski definition) is 2.